The van der Waals surface area contributed by atoms with Gasteiger partial charge in [0, 0.05) is 17.8 Å². The van der Waals surface area contributed by atoms with Crippen molar-refractivity contribution in [1.29, 1.82) is 0 Å². The molecular formula is C15H16Cl2N2O. The molecule has 2 aromatic rings. The zero-order valence-corrected chi connectivity index (χ0v) is 12.7. The molecule has 0 aliphatic rings. The van der Waals surface area contributed by atoms with Gasteiger partial charge in [-0.3, -0.25) is 0 Å². The van der Waals surface area contributed by atoms with Crippen LogP contribution in [-0.4, -0.2) is 11.5 Å². The summed E-state index contributed by atoms with van der Waals surface area (Å²) >= 11 is 12.0. The summed E-state index contributed by atoms with van der Waals surface area (Å²) in [6.45, 7) is 3.85. The van der Waals surface area contributed by atoms with Crippen molar-refractivity contribution in [2.75, 3.05) is 6.54 Å². The van der Waals surface area contributed by atoms with E-state index in [4.69, 9.17) is 27.9 Å². The molecule has 1 aromatic heterocycles. The van der Waals surface area contributed by atoms with Gasteiger partial charge in [-0.25, -0.2) is 4.98 Å². The molecular weight excluding hydrogens is 295 g/mol. The Balaban J connectivity index is 2.03. The van der Waals surface area contributed by atoms with Gasteiger partial charge in [0.05, 0.1) is 0 Å². The van der Waals surface area contributed by atoms with Crippen LogP contribution in [0.5, 0.6) is 11.6 Å². The maximum absolute atomic E-state index is 6.18. The van der Waals surface area contributed by atoms with Gasteiger partial charge in [0.15, 0.2) is 0 Å². The highest BCUT2D eigenvalue weighted by Crippen LogP contribution is 2.28. The fourth-order valence-electron chi connectivity index (χ4n) is 1.66. The molecule has 0 bridgehead atoms. The highest BCUT2D eigenvalue weighted by molar-refractivity contribution is 6.32. The zero-order chi connectivity index (χ0) is 14.4. The standard InChI is InChI=1S/C15H16Cl2N2O/c1-2-7-18-9-11-8-14(17)15(19-10-11)20-13-5-3-12(16)4-6-13/h3-6,8,10,18H,2,7,9H2,1H3. The zero-order valence-electron chi connectivity index (χ0n) is 11.2. The normalized spacial score (nSPS) is 10.6. The Morgan fingerprint density at radius 2 is 1.95 bits per heavy atom. The number of nitrogens with zero attached hydrogens (tertiary/aromatic N) is 1. The minimum Gasteiger partial charge on any atom is -0.438 e. The summed E-state index contributed by atoms with van der Waals surface area (Å²) in [5.41, 5.74) is 1.03. The first-order chi connectivity index (χ1) is 9.69. The van der Waals surface area contributed by atoms with Crippen molar-refractivity contribution in [3.05, 3.63) is 52.1 Å². The molecule has 0 amide bonds. The summed E-state index contributed by atoms with van der Waals surface area (Å²) in [6, 6.07) is 8.93. The van der Waals surface area contributed by atoms with Crippen molar-refractivity contribution < 1.29 is 4.74 Å². The van der Waals surface area contributed by atoms with Crippen LogP contribution in [-0.2, 0) is 6.54 Å². The molecule has 0 saturated heterocycles. The van der Waals surface area contributed by atoms with E-state index in [2.05, 4.69) is 17.2 Å². The smallest absolute Gasteiger partial charge is 0.238 e. The summed E-state index contributed by atoms with van der Waals surface area (Å²) in [5.74, 6) is 1.05. The maximum Gasteiger partial charge on any atom is 0.238 e. The van der Waals surface area contributed by atoms with Crippen molar-refractivity contribution >= 4 is 23.2 Å². The van der Waals surface area contributed by atoms with Crippen molar-refractivity contribution in [3.63, 3.8) is 0 Å². The SMILES string of the molecule is CCCNCc1cnc(Oc2ccc(Cl)cc2)c(Cl)c1. The first-order valence-corrected chi connectivity index (χ1v) is 7.23. The number of rotatable bonds is 6. The summed E-state index contributed by atoms with van der Waals surface area (Å²) in [5, 5.41) is 4.46. The van der Waals surface area contributed by atoms with Gasteiger partial charge in [-0.2, -0.15) is 0 Å². The van der Waals surface area contributed by atoms with Crippen LogP contribution in [0.1, 0.15) is 18.9 Å². The van der Waals surface area contributed by atoms with Crippen LogP contribution in [0.25, 0.3) is 0 Å². The van der Waals surface area contributed by atoms with Gasteiger partial charge in [-0.05, 0) is 48.9 Å². The number of halogens is 2. The Kier molecular flexibility index (Phi) is 5.65. The minimum atomic E-state index is 0.397. The Morgan fingerprint density at radius 3 is 2.60 bits per heavy atom. The van der Waals surface area contributed by atoms with Crippen LogP contribution in [0.4, 0.5) is 0 Å². The molecule has 1 heterocycles. The summed E-state index contributed by atoms with van der Waals surface area (Å²) in [7, 11) is 0. The summed E-state index contributed by atoms with van der Waals surface area (Å²) in [4.78, 5) is 4.25. The highest BCUT2D eigenvalue weighted by Gasteiger charge is 2.06. The number of hydrogen-bond acceptors (Lipinski definition) is 3. The number of hydrogen-bond donors (Lipinski definition) is 1. The van der Waals surface area contributed by atoms with E-state index in [1.165, 1.54) is 0 Å². The lowest BCUT2D eigenvalue weighted by Crippen LogP contribution is -2.13. The predicted octanol–water partition coefficient (Wildman–Crippen LogP) is 4.68. The number of benzene rings is 1. The van der Waals surface area contributed by atoms with Gasteiger partial charge in [-0.15, -0.1) is 0 Å². The average Bonchev–Trinajstić information content (AvgIpc) is 2.44. The molecule has 0 atom stereocenters. The Hall–Kier alpha value is -1.29. The first kappa shape index (κ1) is 15.1. The molecule has 0 unspecified atom stereocenters. The molecule has 2 rings (SSSR count). The lowest BCUT2D eigenvalue weighted by Gasteiger charge is -2.08. The lowest BCUT2D eigenvalue weighted by atomic mass is 10.3. The number of ether oxygens (including phenoxy) is 1. The molecule has 0 radical (unpaired) electrons. The van der Waals surface area contributed by atoms with Crippen molar-refractivity contribution in [1.82, 2.24) is 10.3 Å². The van der Waals surface area contributed by atoms with Crippen LogP contribution >= 0.6 is 23.2 Å². The first-order valence-electron chi connectivity index (χ1n) is 6.47. The average molecular weight is 311 g/mol. The Morgan fingerprint density at radius 1 is 1.20 bits per heavy atom. The molecule has 5 heteroatoms. The van der Waals surface area contributed by atoms with Crippen LogP contribution in [0.2, 0.25) is 10.0 Å². The second kappa shape index (κ2) is 7.48. The molecule has 0 fully saturated rings. The van der Waals surface area contributed by atoms with Gasteiger partial charge >= 0.3 is 0 Å². The molecule has 0 spiro atoms. The third-order valence-corrected chi connectivity index (χ3v) is 3.17. The molecule has 0 aliphatic heterocycles. The third-order valence-electron chi connectivity index (χ3n) is 2.65. The van der Waals surface area contributed by atoms with Crippen molar-refractivity contribution in [3.8, 4) is 11.6 Å². The van der Waals surface area contributed by atoms with Crippen LogP contribution in [0, 0.1) is 0 Å². The Labute approximate surface area is 128 Å². The number of nitrogens with one attached hydrogen (secondary N) is 1. The van der Waals surface area contributed by atoms with E-state index < -0.39 is 0 Å². The van der Waals surface area contributed by atoms with Gasteiger partial charge in [0.1, 0.15) is 10.8 Å². The van der Waals surface area contributed by atoms with Gasteiger partial charge in [-0.1, -0.05) is 30.1 Å². The lowest BCUT2D eigenvalue weighted by molar-refractivity contribution is 0.462. The van der Waals surface area contributed by atoms with Gasteiger partial charge in [0.25, 0.3) is 0 Å². The van der Waals surface area contributed by atoms with Crippen molar-refractivity contribution in [2.24, 2.45) is 0 Å². The van der Waals surface area contributed by atoms with E-state index in [9.17, 15) is 0 Å². The molecule has 20 heavy (non-hydrogen) atoms. The van der Waals surface area contributed by atoms with E-state index in [0.717, 1.165) is 25.1 Å². The minimum absolute atomic E-state index is 0.397. The second-order valence-electron chi connectivity index (χ2n) is 4.36. The van der Waals surface area contributed by atoms with Crippen LogP contribution < -0.4 is 10.1 Å². The van der Waals surface area contributed by atoms with E-state index in [0.29, 0.717) is 21.7 Å². The van der Waals surface area contributed by atoms with E-state index in [1.54, 1.807) is 30.5 Å². The topological polar surface area (TPSA) is 34.2 Å². The maximum atomic E-state index is 6.18. The fourth-order valence-corrected chi connectivity index (χ4v) is 2.01. The molecule has 106 valence electrons. The molecule has 0 aliphatic carbocycles. The second-order valence-corrected chi connectivity index (χ2v) is 5.21. The van der Waals surface area contributed by atoms with Crippen LogP contribution in [0.3, 0.4) is 0 Å². The van der Waals surface area contributed by atoms with E-state index in [-0.39, 0.29) is 0 Å². The molecule has 3 nitrogen and oxygen atoms in total. The Bertz CT molecular complexity index is 558. The number of pyridine rings is 1. The van der Waals surface area contributed by atoms with Crippen molar-refractivity contribution in [2.45, 2.75) is 19.9 Å². The molecule has 1 N–H and O–H groups in total. The van der Waals surface area contributed by atoms with Gasteiger partial charge in [0.2, 0.25) is 5.88 Å². The van der Waals surface area contributed by atoms with E-state index >= 15 is 0 Å². The summed E-state index contributed by atoms with van der Waals surface area (Å²) < 4.78 is 5.62. The quantitative estimate of drug-likeness (QED) is 0.787. The van der Waals surface area contributed by atoms with Gasteiger partial charge < -0.3 is 10.1 Å². The molecule has 1 aromatic carbocycles. The predicted molar refractivity (Wildman–Crippen MR) is 82.8 cm³/mol. The number of aromatic nitrogens is 1. The summed E-state index contributed by atoms with van der Waals surface area (Å²) in [6.07, 6.45) is 2.86. The fraction of sp³-hybridized carbons (Fsp3) is 0.267. The highest BCUT2D eigenvalue weighted by atomic mass is 35.5. The third kappa shape index (κ3) is 4.37. The molecule has 0 saturated carbocycles. The largest absolute Gasteiger partial charge is 0.438 e. The van der Waals surface area contributed by atoms with E-state index in [1.807, 2.05) is 6.07 Å². The monoisotopic (exact) mass is 310 g/mol. The van der Waals surface area contributed by atoms with Crippen LogP contribution in [0.15, 0.2) is 36.5 Å².